The molecule has 138 valence electrons. The molecule has 0 saturated carbocycles. The Hall–Kier alpha value is -2.41. The van der Waals surface area contributed by atoms with E-state index in [4.69, 9.17) is 0 Å². The molecule has 0 radical (unpaired) electrons. The SMILES string of the molecule is Cn1nc(C2CCC(=O)NC2=O)c2ccc(NCC3CCCNC3)cc21. The minimum Gasteiger partial charge on any atom is -0.385 e. The molecule has 7 nitrogen and oxygen atoms in total. The van der Waals surface area contributed by atoms with Gasteiger partial charge in [-0.3, -0.25) is 19.6 Å². The zero-order valence-corrected chi connectivity index (χ0v) is 15.0. The number of aryl methyl sites for hydroxylation is 1. The zero-order valence-electron chi connectivity index (χ0n) is 15.0. The quantitative estimate of drug-likeness (QED) is 0.724. The van der Waals surface area contributed by atoms with Crippen LogP contribution >= 0.6 is 0 Å². The number of nitrogens with one attached hydrogen (secondary N) is 3. The van der Waals surface area contributed by atoms with Crippen molar-refractivity contribution in [2.75, 3.05) is 25.0 Å². The fraction of sp³-hybridized carbons (Fsp3) is 0.526. The normalized spacial score (nSPS) is 23.9. The molecule has 3 N–H and O–H groups in total. The van der Waals surface area contributed by atoms with Crippen molar-refractivity contribution in [2.24, 2.45) is 13.0 Å². The molecule has 2 amide bonds. The second kappa shape index (κ2) is 7.07. The summed E-state index contributed by atoms with van der Waals surface area (Å²) in [6.45, 7) is 3.15. The number of imide groups is 1. The molecule has 2 saturated heterocycles. The van der Waals surface area contributed by atoms with Crippen molar-refractivity contribution in [1.82, 2.24) is 20.4 Å². The fourth-order valence-electron chi connectivity index (χ4n) is 3.97. The number of hydrogen-bond donors (Lipinski definition) is 3. The highest BCUT2D eigenvalue weighted by atomic mass is 16.2. The Morgan fingerprint density at radius 1 is 1.31 bits per heavy atom. The topological polar surface area (TPSA) is 88.0 Å². The molecule has 1 aromatic heterocycles. The monoisotopic (exact) mass is 355 g/mol. The van der Waals surface area contributed by atoms with Gasteiger partial charge in [-0.15, -0.1) is 0 Å². The van der Waals surface area contributed by atoms with E-state index in [0.717, 1.165) is 41.9 Å². The number of amides is 2. The number of rotatable bonds is 4. The Bertz CT molecular complexity index is 838. The predicted molar refractivity (Wildman–Crippen MR) is 99.9 cm³/mol. The lowest BCUT2D eigenvalue weighted by molar-refractivity contribution is -0.134. The van der Waals surface area contributed by atoms with Crippen LogP contribution < -0.4 is 16.0 Å². The van der Waals surface area contributed by atoms with Gasteiger partial charge in [0.15, 0.2) is 0 Å². The van der Waals surface area contributed by atoms with Gasteiger partial charge in [-0.2, -0.15) is 5.10 Å². The molecule has 0 aliphatic carbocycles. The van der Waals surface area contributed by atoms with Crippen LogP contribution in [0, 0.1) is 5.92 Å². The standard InChI is InChI=1S/C19H25N5O2/c1-24-16-9-13(21-11-12-3-2-8-20-10-12)4-5-14(16)18(23-24)15-6-7-17(25)22-19(15)26/h4-5,9,12,15,20-21H,2-3,6-8,10-11H2,1H3,(H,22,25,26). The first-order valence-corrected chi connectivity index (χ1v) is 9.37. The molecular weight excluding hydrogens is 330 g/mol. The van der Waals surface area contributed by atoms with Crippen molar-refractivity contribution in [3.05, 3.63) is 23.9 Å². The lowest BCUT2D eigenvalue weighted by Gasteiger charge is -2.23. The molecule has 0 bridgehead atoms. The number of anilines is 1. The predicted octanol–water partition coefficient (Wildman–Crippen LogP) is 1.50. The number of benzene rings is 1. The lowest BCUT2D eigenvalue weighted by Crippen LogP contribution is -2.39. The molecule has 2 atom stereocenters. The van der Waals surface area contributed by atoms with Gasteiger partial charge in [0.2, 0.25) is 11.8 Å². The maximum absolute atomic E-state index is 12.2. The molecule has 26 heavy (non-hydrogen) atoms. The summed E-state index contributed by atoms with van der Waals surface area (Å²) >= 11 is 0. The Labute approximate surface area is 152 Å². The minimum atomic E-state index is -0.358. The van der Waals surface area contributed by atoms with E-state index in [1.54, 1.807) is 0 Å². The van der Waals surface area contributed by atoms with Gasteiger partial charge < -0.3 is 10.6 Å². The van der Waals surface area contributed by atoms with Gasteiger partial charge in [0.05, 0.1) is 17.1 Å². The van der Waals surface area contributed by atoms with E-state index in [0.29, 0.717) is 18.8 Å². The van der Waals surface area contributed by atoms with E-state index in [2.05, 4.69) is 33.2 Å². The molecule has 2 aliphatic rings. The molecule has 2 aromatic rings. The van der Waals surface area contributed by atoms with Crippen molar-refractivity contribution in [3.63, 3.8) is 0 Å². The molecule has 3 heterocycles. The Kier molecular flexibility index (Phi) is 4.63. The molecular formula is C19H25N5O2. The molecule has 2 fully saturated rings. The van der Waals surface area contributed by atoms with Gasteiger partial charge >= 0.3 is 0 Å². The van der Waals surface area contributed by atoms with Gasteiger partial charge in [-0.25, -0.2) is 0 Å². The summed E-state index contributed by atoms with van der Waals surface area (Å²) in [4.78, 5) is 23.6. The largest absolute Gasteiger partial charge is 0.385 e. The second-order valence-corrected chi connectivity index (χ2v) is 7.34. The summed E-state index contributed by atoms with van der Waals surface area (Å²) in [5.41, 5.74) is 2.83. The van der Waals surface area contributed by atoms with Crippen LogP contribution in [0.25, 0.3) is 10.9 Å². The first kappa shape index (κ1) is 17.0. The number of aromatic nitrogens is 2. The minimum absolute atomic E-state index is 0.199. The van der Waals surface area contributed by atoms with Crippen molar-refractivity contribution in [3.8, 4) is 0 Å². The van der Waals surface area contributed by atoms with Crippen molar-refractivity contribution >= 4 is 28.4 Å². The fourth-order valence-corrected chi connectivity index (χ4v) is 3.97. The average molecular weight is 355 g/mol. The number of carbonyl (C=O) groups is 2. The Morgan fingerprint density at radius 2 is 2.19 bits per heavy atom. The lowest BCUT2D eigenvalue weighted by atomic mass is 9.93. The number of carbonyl (C=O) groups excluding carboxylic acids is 2. The Balaban J connectivity index is 1.54. The Morgan fingerprint density at radius 3 is 2.96 bits per heavy atom. The van der Waals surface area contributed by atoms with Crippen LogP contribution in [0.3, 0.4) is 0 Å². The van der Waals surface area contributed by atoms with Crippen LogP contribution in [0.2, 0.25) is 0 Å². The van der Waals surface area contributed by atoms with Crippen LogP contribution in [0.15, 0.2) is 18.2 Å². The summed E-state index contributed by atoms with van der Waals surface area (Å²) < 4.78 is 1.82. The van der Waals surface area contributed by atoms with E-state index >= 15 is 0 Å². The molecule has 1 aromatic carbocycles. The van der Waals surface area contributed by atoms with E-state index in [-0.39, 0.29) is 17.7 Å². The molecule has 0 spiro atoms. The van der Waals surface area contributed by atoms with Gasteiger partial charge in [-0.1, -0.05) is 0 Å². The highest BCUT2D eigenvalue weighted by molar-refractivity contribution is 6.02. The number of hydrogen-bond acceptors (Lipinski definition) is 5. The third-order valence-corrected chi connectivity index (χ3v) is 5.44. The molecule has 4 rings (SSSR count). The smallest absolute Gasteiger partial charge is 0.235 e. The summed E-state index contributed by atoms with van der Waals surface area (Å²) in [6, 6.07) is 6.17. The van der Waals surface area contributed by atoms with E-state index in [1.165, 1.54) is 12.8 Å². The second-order valence-electron chi connectivity index (χ2n) is 7.34. The number of nitrogens with zero attached hydrogens (tertiary/aromatic N) is 2. The first-order chi connectivity index (χ1) is 12.6. The number of piperidine rings is 2. The molecule has 2 aliphatic heterocycles. The van der Waals surface area contributed by atoms with Crippen molar-refractivity contribution in [2.45, 2.75) is 31.6 Å². The van der Waals surface area contributed by atoms with Crippen LogP contribution in [-0.2, 0) is 16.6 Å². The third kappa shape index (κ3) is 3.31. The van der Waals surface area contributed by atoms with Gasteiger partial charge in [0.25, 0.3) is 0 Å². The van der Waals surface area contributed by atoms with Gasteiger partial charge in [-0.05, 0) is 56.5 Å². The first-order valence-electron chi connectivity index (χ1n) is 9.37. The van der Waals surface area contributed by atoms with Crippen molar-refractivity contribution in [1.29, 1.82) is 0 Å². The summed E-state index contributed by atoms with van der Waals surface area (Å²) in [7, 11) is 1.90. The van der Waals surface area contributed by atoms with E-state index in [9.17, 15) is 9.59 Å². The van der Waals surface area contributed by atoms with E-state index in [1.807, 2.05) is 17.8 Å². The van der Waals surface area contributed by atoms with Crippen LogP contribution in [0.1, 0.15) is 37.3 Å². The van der Waals surface area contributed by atoms with Gasteiger partial charge in [0.1, 0.15) is 0 Å². The van der Waals surface area contributed by atoms with E-state index < -0.39 is 0 Å². The zero-order chi connectivity index (χ0) is 18.1. The van der Waals surface area contributed by atoms with Crippen LogP contribution in [-0.4, -0.2) is 41.2 Å². The van der Waals surface area contributed by atoms with Crippen LogP contribution in [0.4, 0.5) is 5.69 Å². The summed E-state index contributed by atoms with van der Waals surface area (Å²) in [5.74, 6) is -0.142. The highest BCUT2D eigenvalue weighted by Gasteiger charge is 2.31. The third-order valence-electron chi connectivity index (χ3n) is 5.44. The average Bonchev–Trinajstić information content (AvgIpc) is 2.97. The highest BCUT2D eigenvalue weighted by Crippen LogP contribution is 2.31. The molecule has 7 heteroatoms. The van der Waals surface area contributed by atoms with Crippen LogP contribution in [0.5, 0.6) is 0 Å². The molecule has 2 unspecified atom stereocenters. The number of fused-ring (bicyclic) bond motifs is 1. The van der Waals surface area contributed by atoms with Crippen molar-refractivity contribution < 1.29 is 9.59 Å². The summed E-state index contributed by atoms with van der Waals surface area (Å²) in [5, 5.41) is 15.0. The maximum Gasteiger partial charge on any atom is 0.235 e. The summed E-state index contributed by atoms with van der Waals surface area (Å²) in [6.07, 6.45) is 3.38. The van der Waals surface area contributed by atoms with Gasteiger partial charge in [0, 0.05) is 31.1 Å². The maximum atomic E-state index is 12.2.